The summed E-state index contributed by atoms with van der Waals surface area (Å²) in [6, 6.07) is 0. The highest BCUT2D eigenvalue weighted by Gasteiger charge is 2.45. The van der Waals surface area contributed by atoms with E-state index in [1.54, 1.807) is 0 Å². The minimum atomic E-state index is -2.85. The highest BCUT2D eigenvalue weighted by atomic mass is 32.2. The molecule has 0 spiro atoms. The fourth-order valence-electron chi connectivity index (χ4n) is 1.51. The van der Waals surface area contributed by atoms with Crippen molar-refractivity contribution in [2.45, 2.75) is 37.6 Å². The minimum Gasteiger partial charge on any atom is -0.388 e. The topological polar surface area (TPSA) is 131 Å². The molecule has 4 N–H and O–H groups in total. The van der Waals surface area contributed by atoms with Crippen molar-refractivity contribution in [1.29, 1.82) is 0 Å². The molecule has 0 aromatic rings. The molecule has 9 heteroatoms. The summed E-state index contributed by atoms with van der Waals surface area (Å²) in [4.78, 5) is 0. The lowest BCUT2D eigenvalue weighted by atomic mass is 10.0. The van der Waals surface area contributed by atoms with Crippen LogP contribution in [0.3, 0.4) is 0 Å². The Hall–Kier alpha value is -0.130. The number of ether oxygens (including phenoxy) is 2. The fraction of sp³-hybridized carbons (Fsp3) is 1.00. The van der Waals surface area contributed by atoms with Gasteiger partial charge in [0.2, 0.25) is 0 Å². The Bertz CT molecular complexity index is 266. The van der Waals surface area contributed by atoms with Crippen LogP contribution in [0.15, 0.2) is 0 Å². The molecule has 101 valence electrons. The Labute approximate surface area is 101 Å². The van der Waals surface area contributed by atoms with E-state index in [1.165, 1.54) is 6.92 Å². The molecule has 1 aliphatic rings. The molecule has 17 heavy (non-hydrogen) atoms. The van der Waals surface area contributed by atoms with Gasteiger partial charge in [0.1, 0.15) is 12.2 Å². The number of hydrogen-bond acceptors (Lipinski definition) is 7. The van der Waals surface area contributed by atoms with Gasteiger partial charge in [0.25, 0.3) is 0 Å². The van der Waals surface area contributed by atoms with Gasteiger partial charge in [-0.3, -0.25) is 4.18 Å². The summed E-state index contributed by atoms with van der Waals surface area (Å²) in [6.45, 7) is 1.85. The summed E-state index contributed by atoms with van der Waals surface area (Å²) in [6.07, 6.45) is -5.77. The molecule has 0 aliphatic carbocycles. The van der Waals surface area contributed by atoms with Gasteiger partial charge >= 0.3 is 11.4 Å². The molecule has 6 atom stereocenters. The molecule has 1 unspecified atom stereocenters. The second kappa shape index (κ2) is 6.71. The summed E-state index contributed by atoms with van der Waals surface area (Å²) in [7, 11) is 0. The molecule has 0 aromatic carbocycles. The maximum absolute atomic E-state index is 10.5. The summed E-state index contributed by atoms with van der Waals surface area (Å²) >= 11 is -2.85. The average molecular weight is 270 g/mol. The van der Waals surface area contributed by atoms with Crippen LogP contribution in [-0.2, 0) is 29.6 Å². The molecule has 1 radical (unpaired) electrons. The first-order valence-corrected chi connectivity index (χ1v) is 6.07. The third kappa shape index (κ3) is 3.93. The van der Waals surface area contributed by atoms with Gasteiger partial charge in [0.05, 0.1) is 12.7 Å². The van der Waals surface area contributed by atoms with E-state index in [0.29, 0.717) is 0 Å². The highest BCUT2D eigenvalue weighted by molar-refractivity contribution is 7.73. The number of nitrogens with two attached hydrogens (primary N) is 1. The van der Waals surface area contributed by atoms with Gasteiger partial charge in [-0.25, -0.2) is 0 Å². The first-order valence-electron chi connectivity index (χ1n) is 5.07. The standard InChI is InChI=1S/C8H16NO7S/c1-4-5(10)6(11)7(16-17(12)13)8(15-4)14-3-2-9/h4-8,10-11H,2-3,9H2,1H3/t4-,5+,6+,7-,8+/m0/s1. The Morgan fingerprint density at radius 2 is 2.06 bits per heavy atom. The summed E-state index contributed by atoms with van der Waals surface area (Å²) < 4.78 is 35.7. The van der Waals surface area contributed by atoms with Gasteiger partial charge in [0, 0.05) is 6.54 Å². The molecule has 1 aliphatic heterocycles. The molecule has 0 saturated carbocycles. The van der Waals surface area contributed by atoms with E-state index >= 15 is 0 Å². The second-order valence-corrected chi connectivity index (χ2v) is 4.22. The summed E-state index contributed by atoms with van der Waals surface area (Å²) in [5, 5.41) is 19.2. The number of aliphatic hydroxyl groups is 2. The molecule has 1 rings (SSSR count). The summed E-state index contributed by atoms with van der Waals surface area (Å²) in [5.41, 5.74) is 5.23. The normalized spacial score (nSPS) is 40.2. The van der Waals surface area contributed by atoms with Crippen LogP contribution >= 0.6 is 0 Å². The van der Waals surface area contributed by atoms with E-state index in [4.69, 9.17) is 15.2 Å². The quantitative estimate of drug-likeness (QED) is 0.517. The predicted molar refractivity (Wildman–Crippen MR) is 55.1 cm³/mol. The maximum Gasteiger partial charge on any atom is 0.335 e. The third-order valence-electron chi connectivity index (χ3n) is 2.37. The average Bonchev–Trinajstić information content (AvgIpc) is 2.27. The van der Waals surface area contributed by atoms with Gasteiger partial charge < -0.3 is 25.4 Å². The Balaban J connectivity index is 2.71. The van der Waals surface area contributed by atoms with Crippen molar-refractivity contribution in [2.75, 3.05) is 13.2 Å². The largest absolute Gasteiger partial charge is 0.388 e. The number of aliphatic hydroxyl groups excluding tert-OH is 2. The predicted octanol–water partition coefficient (Wildman–Crippen LogP) is -2.18. The van der Waals surface area contributed by atoms with E-state index in [2.05, 4.69) is 4.18 Å². The van der Waals surface area contributed by atoms with Crippen molar-refractivity contribution in [1.82, 2.24) is 0 Å². The fourth-order valence-corrected chi connectivity index (χ4v) is 1.90. The van der Waals surface area contributed by atoms with Crippen LogP contribution in [0.5, 0.6) is 0 Å². The van der Waals surface area contributed by atoms with Gasteiger partial charge in [-0.2, -0.15) is 4.21 Å². The first-order chi connectivity index (χ1) is 7.97. The van der Waals surface area contributed by atoms with E-state index in [1.807, 2.05) is 0 Å². The van der Waals surface area contributed by atoms with Crippen molar-refractivity contribution >= 4 is 11.4 Å². The molecular weight excluding hydrogens is 254 g/mol. The molecule has 0 aromatic heterocycles. The van der Waals surface area contributed by atoms with Crippen LogP contribution in [0.2, 0.25) is 0 Å². The van der Waals surface area contributed by atoms with Crippen molar-refractivity contribution in [3.63, 3.8) is 0 Å². The Morgan fingerprint density at radius 1 is 1.41 bits per heavy atom. The van der Waals surface area contributed by atoms with Crippen LogP contribution in [0.4, 0.5) is 0 Å². The lowest BCUT2D eigenvalue weighted by Crippen LogP contribution is -2.58. The van der Waals surface area contributed by atoms with Crippen molar-refractivity contribution < 1.29 is 32.6 Å². The van der Waals surface area contributed by atoms with E-state index < -0.39 is 42.1 Å². The van der Waals surface area contributed by atoms with Gasteiger partial charge in [-0.05, 0) is 6.92 Å². The molecule has 1 saturated heterocycles. The molecule has 1 heterocycles. The van der Waals surface area contributed by atoms with Crippen molar-refractivity contribution in [2.24, 2.45) is 5.73 Å². The molecule has 8 nitrogen and oxygen atoms in total. The molecule has 0 bridgehead atoms. The molecule has 0 amide bonds. The summed E-state index contributed by atoms with van der Waals surface area (Å²) in [5.74, 6) is 0. The SMILES string of the molecule is C[C@@H]1O[C@@H](OCCN)[C@@H](OS([O])=O)[C@H](O)[C@@H]1O. The third-order valence-corrected chi connectivity index (χ3v) is 2.75. The van der Waals surface area contributed by atoms with Crippen molar-refractivity contribution in [3.8, 4) is 0 Å². The Morgan fingerprint density at radius 3 is 2.59 bits per heavy atom. The zero-order chi connectivity index (χ0) is 13.0. The van der Waals surface area contributed by atoms with Crippen LogP contribution in [0.25, 0.3) is 0 Å². The molecular formula is C8H16NO7S. The first kappa shape index (κ1) is 14.9. The lowest BCUT2D eigenvalue weighted by molar-refractivity contribution is -0.285. The van der Waals surface area contributed by atoms with Crippen LogP contribution in [0.1, 0.15) is 6.92 Å². The number of hydrogen-bond donors (Lipinski definition) is 3. The maximum atomic E-state index is 10.5. The minimum absolute atomic E-state index is 0.117. The zero-order valence-electron chi connectivity index (χ0n) is 9.22. The van der Waals surface area contributed by atoms with E-state index in [0.717, 1.165) is 0 Å². The monoisotopic (exact) mass is 270 g/mol. The zero-order valence-corrected chi connectivity index (χ0v) is 10.0. The second-order valence-electron chi connectivity index (χ2n) is 3.62. The van der Waals surface area contributed by atoms with E-state index in [9.17, 15) is 19.0 Å². The van der Waals surface area contributed by atoms with Gasteiger partial charge in [-0.1, -0.05) is 4.55 Å². The smallest absolute Gasteiger partial charge is 0.335 e. The van der Waals surface area contributed by atoms with E-state index in [-0.39, 0.29) is 13.2 Å². The number of rotatable bonds is 5. The Kier molecular flexibility index (Phi) is 5.89. The lowest BCUT2D eigenvalue weighted by Gasteiger charge is -2.39. The highest BCUT2D eigenvalue weighted by Crippen LogP contribution is 2.24. The molecule has 1 fully saturated rings. The van der Waals surface area contributed by atoms with Crippen LogP contribution in [-0.4, -0.2) is 58.3 Å². The van der Waals surface area contributed by atoms with Crippen LogP contribution in [0, 0.1) is 0 Å². The van der Waals surface area contributed by atoms with Crippen molar-refractivity contribution in [3.05, 3.63) is 0 Å². The van der Waals surface area contributed by atoms with Crippen LogP contribution < -0.4 is 5.73 Å². The van der Waals surface area contributed by atoms with Gasteiger partial charge in [0.15, 0.2) is 12.4 Å². The van der Waals surface area contributed by atoms with Gasteiger partial charge in [-0.15, -0.1) is 0 Å².